The molecule has 4 heteroatoms. The van der Waals surface area contributed by atoms with Crippen molar-refractivity contribution in [3.8, 4) is 0 Å². The summed E-state index contributed by atoms with van der Waals surface area (Å²) in [5.41, 5.74) is 7.49. The van der Waals surface area contributed by atoms with E-state index in [1.807, 2.05) is 24.3 Å². The lowest BCUT2D eigenvalue weighted by molar-refractivity contribution is -0.148. The van der Waals surface area contributed by atoms with Crippen LogP contribution >= 0.6 is 0 Å². The number of carbonyl (C=O) groups is 1. The summed E-state index contributed by atoms with van der Waals surface area (Å²) < 4.78 is 4.68. The molecule has 0 radical (unpaired) electrons. The Hall–Kier alpha value is -1.71. The van der Waals surface area contributed by atoms with Crippen LogP contribution in [0.25, 0.3) is 0 Å². The Balaban J connectivity index is 1.86. The monoisotopic (exact) mass is 220 g/mol. The van der Waals surface area contributed by atoms with Crippen LogP contribution in [0.2, 0.25) is 0 Å². The van der Waals surface area contributed by atoms with Gasteiger partial charge in [-0.2, -0.15) is 0 Å². The molecule has 0 amide bonds. The van der Waals surface area contributed by atoms with Crippen molar-refractivity contribution in [2.75, 3.05) is 18.2 Å². The third-order valence-corrected chi connectivity index (χ3v) is 2.99. The molecule has 3 N–H and O–H groups in total. The van der Waals surface area contributed by atoms with Crippen molar-refractivity contribution in [1.82, 2.24) is 0 Å². The van der Waals surface area contributed by atoms with Gasteiger partial charge in [-0.05, 0) is 25.0 Å². The molecular formula is C12H16N2O2. The molecule has 0 bridgehead atoms. The highest BCUT2D eigenvalue weighted by Gasteiger charge is 2.35. The van der Waals surface area contributed by atoms with E-state index in [4.69, 9.17) is 5.73 Å². The fraction of sp³-hybridized carbons (Fsp3) is 0.417. The maximum absolute atomic E-state index is 11.2. The van der Waals surface area contributed by atoms with Gasteiger partial charge in [0.15, 0.2) is 0 Å². The van der Waals surface area contributed by atoms with E-state index >= 15 is 0 Å². The molecule has 0 heterocycles. The number of benzene rings is 1. The zero-order chi connectivity index (χ0) is 11.5. The fourth-order valence-electron chi connectivity index (χ4n) is 1.94. The lowest BCUT2D eigenvalue weighted by atomic mass is 9.80. The maximum Gasteiger partial charge on any atom is 0.308 e. The minimum Gasteiger partial charge on any atom is -0.469 e. The molecule has 1 aliphatic carbocycles. The first-order chi connectivity index (χ1) is 7.70. The number of ether oxygens (including phenoxy) is 1. The van der Waals surface area contributed by atoms with Crippen LogP contribution in [0, 0.1) is 5.92 Å². The number of hydrogen-bond acceptors (Lipinski definition) is 4. The highest BCUT2D eigenvalue weighted by Crippen LogP contribution is 2.32. The number of nitrogens with two attached hydrogens (primary N) is 1. The van der Waals surface area contributed by atoms with E-state index in [0.29, 0.717) is 6.04 Å². The predicted octanol–water partition coefficient (Wildman–Crippen LogP) is 1.63. The Labute approximate surface area is 94.8 Å². The zero-order valence-electron chi connectivity index (χ0n) is 9.27. The molecule has 1 fully saturated rings. The Morgan fingerprint density at radius 1 is 1.44 bits per heavy atom. The van der Waals surface area contributed by atoms with Crippen LogP contribution in [-0.2, 0) is 9.53 Å². The van der Waals surface area contributed by atoms with Crippen LogP contribution in [0.5, 0.6) is 0 Å². The summed E-state index contributed by atoms with van der Waals surface area (Å²) in [6.45, 7) is 0. The molecule has 0 aromatic heterocycles. The molecule has 1 aliphatic rings. The van der Waals surface area contributed by atoms with Crippen molar-refractivity contribution in [3.05, 3.63) is 24.3 Å². The number of para-hydroxylation sites is 2. The number of nitrogen functional groups attached to an aromatic ring is 1. The smallest absolute Gasteiger partial charge is 0.308 e. The molecule has 86 valence electrons. The molecule has 1 aromatic rings. The van der Waals surface area contributed by atoms with Crippen molar-refractivity contribution in [1.29, 1.82) is 0 Å². The van der Waals surface area contributed by atoms with Crippen LogP contribution in [0.4, 0.5) is 11.4 Å². The van der Waals surface area contributed by atoms with Gasteiger partial charge >= 0.3 is 5.97 Å². The van der Waals surface area contributed by atoms with Gasteiger partial charge in [0.2, 0.25) is 0 Å². The third-order valence-electron chi connectivity index (χ3n) is 2.99. The van der Waals surface area contributed by atoms with Crippen molar-refractivity contribution >= 4 is 17.3 Å². The van der Waals surface area contributed by atoms with Crippen molar-refractivity contribution in [2.45, 2.75) is 18.9 Å². The van der Waals surface area contributed by atoms with Crippen LogP contribution in [0.3, 0.4) is 0 Å². The fourth-order valence-corrected chi connectivity index (χ4v) is 1.94. The normalized spacial score (nSPS) is 23.3. The number of esters is 1. The Bertz CT molecular complexity index is 386. The van der Waals surface area contributed by atoms with Crippen LogP contribution < -0.4 is 11.1 Å². The van der Waals surface area contributed by atoms with Gasteiger partial charge in [-0.3, -0.25) is 4.79 Å². The number of carbonyl (C=O) groups excluding carboxylic acids is 1. The zero-order valence-corrected chi connectivity index (χ0v) is 9.27. The molecule has 1 saturated carbocycles. The van der Waals surface area contributed by atoms with Gasteiger partial charge < -0.3 is 15.8 Å². The number of nitrogens with one attached hydrogen (secondary N) is 1. The summed E-state index contributed by atoms with van der Waals surface area (Å²) in [6, 6.07) is 7.97. The first kappa shape index (κ1) is 10.8. The standard InChI is InChI=1S/C12H16N2O2/c1-16-12(15)8-6-9(7-8)14-11-5-3-2-4-10(11)13/h2-5,8-9,14H,6-7,13H2,1H3/t8-,9-. The van der Waals surface area contributed by atoms with E-state index in [2.05, 4.69) is 10.1 Å². The molecular weight excluding hydrogens is 204 g/mol. The molecule has 1 aromatic carbocycles. The van der Waals surface area contributed by atoms with Gasteiger partial charge in [-0.15, -0.1) is 0 Å². The van der Waals surface area contributed by atoms with Gasteiger partial charge in [0, 0.05) is 6.04 Å². The second-order valence-corrected chi connectivity index (χ2v) is 4.12. The molecule has 0 aliphatic heterocycles. The summed E-state index contributed by atoms with van der Waals surface area (Å²) in [5, 5.41) is 3.32. The minimum absolute atomic E-state index is 0.0486. The molecule has 0 spiro atoms. The average Bonchev–Trinajstić information content (AvgIpc) is 2.24. The summed E-state index contributed by atoms with van der Waals surface area (Å²) in [6.07, 6.45) is 1.64. The summed E-state index contributed by atoms with van der Waals surface area (Å²) >= 11 is 0. The van der Waals surface area contributed by atoms with Gasteiger partial charge in [0.05, 0.1) is 24.4 Å². The number of anilines is 2. The van der Waals surface area contributed by atoms with Gasteiger partial charge in [-0.25, -0.2) is 0 Å². The molecule has 0 unspecified atom stereocenters. The minimum atomic E-state index is -0.112. The molecule has 4 nitrogen and oxygen atoms in total. The second kappa shape index (κ2) is 4.43. The summed E-state index contributed by atoms with van der Waals surface area (Å²) in [7, 11) is 1.43. The van der Waals surface area contributed by atoms with Gasteiger partial charge in [-0.1, -0.05) is 12.1 Å². The lowest BCUT2D eigenvalue weighted by Crippen LogP contribution is -2.40. The third kappa shape index (κ3) is 2.10. The number of rotatable bonds is 3. The predicted molar refractivity (Wildman–Crippen MR) is 63.0 cm³/mol. The number of hydrogen-bond donors (Lipinski definition) is 2. The second-order valence-electron chi connectivity index (χ2n) is 4.12. The highest BCUT2D eigenvalue weighted by atomic mass is 16.5. The van der Waals surface area contributed by atoms with Crippen molar-refractivity contribution in [2.24, 2.45) is 5.92 Å². The van der Waals surface area contributed by atoms with Gasteiger partial charge in [0.25, 0.3) is 0 Å². The quantitative estimate of drug-likeness (QED) is 0.600. The summed E-state index contributed by atoms with van der Waals surface area (Å²) in [4.78, 5) is 11.2. The Morgan fingerprint density at radius 2 is 2.12 bits per heavy atom. The van der Waals surface area contributed by atoms with Crippen LogP contribution in [0.15, 0.2) is 24.3 Å². The first-order valence-electron chi connectivity index (χ1n) is 5.39. The van der Waals surface area contributed by atoms with E-state index in [1.165, 1.54) is 7.11 Å². The summed E-state index contributed by atoms with van der Waals surface area (Å²) in [5.74, 6) is -0.0634. The Morgan fingerprint density at radius 3 is 2.75 bits per heavy atom. The van der Waals surface area contributed by atoms with E-state index in [1.54, 1.807) is 0 Å². The van der Waals surface area contributed by atoms with E-state index in [0.717, 1.165) is 24.2 Å². The van der Waals surface area contributed by atoms with E-state index in [9.17, 15) is 4.79 Å². The molecule has 2 rings (SSSR count). The van der Waals surface area contributed by atoms with Crippen molar-refractivity contribution < 1.29 is 9.53 Å². The Kier molecular flexibility index (Phi) is 2.99. The maximum atomic E-state index is 11.2. The van der Waals surface area contributed by atoms with Crippen molar-refractivity contribution in [3.63, 3.8) is 0 Å². The lowest BCUT2D eigenvalue weighted by Gasteiger charge is -2.34. The molecule has 0 atom stereocenters. The van der Waals surface area contributed by atoms with Gasteiger partial charge in [0.1, 0.15) is 0 Å². The first-order valence-corrected chi connectivity index (χ1v) is 5.39. The largest absolute Gasteiger partial charge is 0.469 e. The highest BCUT2D eigenvalue weighted by molar-refractivity contribution is 5.74. The van der Waals surface area contributed by atoms with Crippen LogP contribution in [-0.4, -0.2) is 19.1 Å². The van der Waals surface area contributed by atoms with Crippen LogP contribution in [0.1, 0.15) is 12.8 Å². The average molecular weight is 220 g/mol. The van der Waals surface area contributed by atoms with E-state index < -0.39 is 0 Å². The number of methoxy groups -OCH3 is 1. The SMILES string of the molecule is COC(=O)[C@H]1C[C@H](Nc2ccccc2N)C1. The topological polar surface area (TPSA) is 64.3 Å². The molecule has 0 saturated heterocycles. The van der Waals surface area contributed by atoms with E-state index in [-0.39, 0.29) is 11.9 Å². The molecule has 16 heavy (non-hydrogen) atoms.